The predicted octanol–water partition coefficient (Wildman–Crippen LogP) is -1.80. The van der Waals surface area contributed by atoms with Crippen molar-refractivity contribution >= 4 is 26.0 Å². The quantitative estimate of drug-likeness (QED) is 0.337. The van der Waals surface area contributed by atoms with Gasteiger partial charge in [0.2, 0.25) is 0 Å². The smallest absolute Gasteiger partial charge is 2.00 e. The molecule has 22 valence electrons. The van der Waals surface area contributed by atoms with Crippen molar-refractivity contribution in [1.29, 1.82) is 0 Å². The Morgan fingerprint density at radius 2 is 0.750 bits per heavy atom. The number of hydrogen-bond acceptors (Lipinski definition) is 0. The molecule has 0 aromatic heterocycles. The van der Waals surface area contributed by atoms with Crippen LogP contribution < -0.4 is 0 Å². The third-order valence-corrected chi connectivity index (χ3v) is 0. The zero-order valence-electron chi connectivity index (χ0n) is 1.32. The molecule has 0 aliphatic rings. The third kappa shape index (κ3) is 21.2. The minimum absolute atomic E-state index is 0. The molecule has 0 N–H and O–H groups in total. The van der Waals surface area contributed by atoms with Crippen LogP contribution in [0.25, 0.3) is 0 Å². The monoisotopic (exact) mass is 120 g/mol. The van der Waals surface area contributed by atoms with E-state index in [4.69, 9.17) is 0 Å². The van der Waals surface area contributed by atoms with Gasteiger partial charge in [-0.3, -0.25) is 0 Å². The summed E-state index contributed by atoms with van der Waals surface area (Å²) in [4.78, 5) is 0. The molecule has 0 amide bonds. The molecule has 4 heteroatoms. The van der Waals surface area contributed by atoms with Crippen molar-refractivity contribution in [3.63, 3.8) is 0 Å². The molecule has 0 fully saturated rings. The molecule has 0 unspecified atom stereocenters. The second-order valence-corrected chi connectivity index (χ2v) is 0. The Balaban J connectivity index is 0. The van der Waals surface area contributed by atoms with Crippen LogP contribution in [0.2, 0.25) is 0 Å². The van der Waals surface area contributed by atoms with Gasteiger partial charge in [0.15, 0.2) is 0 Å². The topological polar surface area (TPSA) is 57.0 Å². The van der Waals surface area contributed by atoms with Crippen molar-refractivity contribution in [2.75, 3.05) is 0 Å². The van der Waals surface area contributed by atoms with E-state index in [0.717, 1.165) is 0 Å². The molecule has 0 aliphatic heterocycles. The molecule has 0 saturated carbocycles. The molecule has 0 aliphatic carbocycles. The van der Waals surface area contributed by atoms with Crippen LogP contribution in [0.15, 0.2) is 0 Å². The van der Waals surface area contributed by atoms with Crippen LogP contribution in [0.3, 0.4) is 0 Å². The van der Waals surface area contributed by atoms with E-state index in [1.807, 2.05) is 0 Å². The zero-order valence-corrected chi connectivity index (χ0v) is 3.41. The Labute approximate surface area is 37.7 Å². The molecule has 4 heavy (non-hydrogen) atoms. The Morgan fingerprint density at radius 1 is 0.750 bits per heavy atom. The molecule has 0 radical (unpaired) electrons. The van der Waals surface area contributed by atoms with E-state index in [9.17, 15) is 0 Å². The molecule has 0 atom stereocenters. The van der Waals surface area contributed by atoms with Crippen LogP contribution in [0.1, 0.15) is 0 Å². The van der Waals surface area contributed by atoms with Gasteiger partial charge in [0, 0.05) is 0 Å². The summed E-state index contributed by atoms with van der Waals surface area (Å²) < 4.78 is 0. The summed E-state index contributed by atoms with van der Waals surface area (Å²) in [7, 11) is 0. The van der Waals surface area contributed by atoms with Gasteiger partial charge in [-0.1, -0.05) is 0 Å². The summed E-state index contributed by atoms with van der Waals surface area (Å²) in [5.41, 5.74) is 0. The van der Waals surface area contributed by atoms with Crippen LogP contribution in [0.4, 0.5) is 0 Å². The van der Waals surface area contributed by atoms with Crippen molar-refractivity contribution in [1.82, 2.24) is 0 Å². The number of rotatable bonds is 0. The van der Waals surface area contributed by atoms with Gasteiger partial charge in [0.1, 0.15) is 0 Å². The Hall–Kier alpha value is 0.528. The van der Waals surface area contributed by atoms with Crippen LogP contribution in [-0.4, -0.2) is 26.0 Å². The SMILES string of the molecule is B.[Ge+4].[O-2].[O-2]. The van der Waals surface area contributed by atoms with Crippen LogP contribution in [0.5, 0.6) is 0 Å². The summed E-state index contributed by atoms with van der Waals surface area (Å²) >= 11 is 0. The maximum absolute atomic E-state index is 0. The first-order valence-corrected chi connectivity index (χ1v) is 0. The molecule has 0 aromatic rings. The van der Waals surface area contributed by atoms with E-state index < -0.39 is 0 Å². The van der Waals surface area contributed by atoms with Gasteiger partial charge in [-0.25, -0.2) is 0 Å². The first-order valence-electron chi connectivity index (χ1n) is 0. The Kier molecular flexibility index (Phi) is 4090. The average Bonchev–Trinajstić information content (AvgIpc) is 0. The standard InChI is InChI=1S/BH3.Ge.2O/h1H3;;;/q;+4;2*-2. The van der Waals surface area contributed by atoms with E-state index >= 15 is 0 Å². The molecular formula is H3BGeO2. The van der Waals surface area contributed by atoms with Gasteiger partial charge in [-0.2, -0.15) is 0 Å². The maximum atomic E-state index is 0. The summed E-state index contributed by atoms with van der Waals surface area (Å²) in [5, 5.41) is 0. The molecule has 0 aromatic carbocycles. The zero-order chi connectivity index (χ0) is 0. The van der Waals surface area contributed by atoms with Gasteiger partial charge in [0.05, 0.1) is 8.41 Å². The summed E-state index contributed by atoms with van der Waals surface area (Å²) in [5.74, 6) is 0. The second-order valence-electron chi connectivity index (χ2n) is 0. The van der Waals surface area contributed by atoms with E-state index in [1.165, 1.54) is 0 Å². The van der Waals surface area contributed by atoms with Crippen molar-refractivity contribution in [3.8, 4) is 0 Å². The van der Waals surface area contributed by atoms with Crippen molar-refractivity contribution in [2.24, 2.45) is 0 Å². The van der Waals surface area contributed by atoms with E-state index in [1.54, 1.807) is 0 Å². The minimum atomic E-state index is 0. The molecule has 2 nitrogen and oxygen atoms in total. The van der Waals surface area contributed by atoms with Crippen LogP contribution in [0, 0.1) is 0 Å². The van der Waals surface area contributed by atoms with Gasteiger partial charge < -0.3 is 11.0 Å². The number of hydrogen-bond donors (Lipinski definition) is 0. The third-order valence-electron chi connectivity index (χ3n) is 0. The fourth-order valence-electron chi connectivity index (χ4n) is 0. The fourth-order valence-corrected chi connectivity index (χ4v) is 0. The molecule has 0 heterocycles. The summed E-state index contributed by atoms with van der Waals surface area (Å²) in [6.45, 7) is 0. The molecule has 0 spiro atoms. The van der Waals surface area contributed by atoms with E-state index in [0.29, 0.717) is 0 Å². The molecule has 0 rings (SSSR count). The van der Waals surface area contributed by atoms with E-state index in [-0.39, 0.29) is 37.0 Å². The first kappa shape index (κ1) is 202. The Bertz CT molecular complexity index is 6.00. The normalized spacial score (nSPS) is 0. The van der Waals surface area contributed by atoms with Gasteiger partial charge in [-0.05, 0) is 0 Å². The van der Waals surface area contributed by atoms with E-state index in [2.05, 4.69) is 0 Å². The van der Waals surface area contributed by atoms with Gasteiger partial charge in [0.25, 0.3) is 0 Å². The van der Waals surface area contributed by atoms with Crippen LogP contribution >= 0.6 is 0 Å². The van der Waals surface area contributed by atoms with Gasteiger partial charge >= 0.3 is 17.6 Å². The minimum Gasteiger partial charge on any atom is -2.00 e. The largest absolute Gasteiger partial charge is 4.00 e. The van der Waals surface area contributed by atoms with Gasteiger partial charge in [-0.15, -0.1) is 0 Å². The van der Waals surface area contributed by atoms with Crippen molar-refractivity contribution in [2.45, 2.75) is 0 Å². The fraction of sp³-hybridized carbons (Fsp3) is 0. The molecule has 0 saturated heterocycles. The summed E-state index contributed by atoms with van der Waals surface area (Å²) in [6.07, 6.45) is 0. The summed E-state index contributed by atoms with van der Waals surface area (Å²) in [6, 6.07) is 0. The van der Waals surface area contributed by atoms with Crippen molar-refractivity contribution < 1.29 is 11.0 Å². The van der Waals surface area contributed by atoms with Crippen LogP contribution in [-0.2, 0) is 11.0 Å². The maximum Gasteiger partial charge on any atom is 4.00 e. The molecule has 0 bridgehead atoms. The first-order chi connectivity index (χ1) is 0. The Morgan fingerprint density at radius 3 is 0.750 bits per heavy atom. The second kappa shape index (κ2) is 80.9. The predicted molar refractivity (Wildman–Crippen MR) is 17.1 cm³/mol. The van der Waals surface area contributed by atoms with Crippen molar-refractivity contribution in [3.05, 3.63) is 0 Å². The average molecular weight is 118 g/mol. The molecular weight excluding hydrogens is 115 g/mol.